The number of hydrogen-bond donors (Lipinski definition) is 1. The summed E-state index contributed by atoms with van der Waals surface area (Å²) in [5.41, 5.74) is -1.46. The van der Waals surface area contributed by atoms with Gasteiger partial charge < -0.3 is 24.3 Å². The summed E-state index contributed by atoms with van der Waals surface area (Å²) in [5.74, 6) is 1.01. The van der Waals surface area contributed by atoms with Crippen molar-refractivity contribution in [3.63, 3.8) is 0 Å². The molecule has 0 aromatic rings. The highest BCUT2D eigenvalue weighted by Gasteiger charge is 2.86. The van der Waals surface area contributed by atoms with Gasteiger partial charge in [0.2, 0.25) is 0 Å². The van der Waals surface area contributed by atoms with Gasteiger partial charge in [-0.2, -0.15) is 0 Å². The normalized spacial score (nSPS) is 43.4. The fourth-order valence-electron chi connectivity index (χ4n) is 13.0. The quantitative estimate of drug-likeness (QED) is 0.201. The Hall–Kier alpha value is -1.32. The Morgan fingerprint density at radius 3 is 2.46 bits per heavy atom. The molecule has 7 unspecified atom stereocenters. The van der Waals surface area contributed by atoms with E-state index in [4.69, 9.17) is 9.47 Å². The summed E-state index contributed by atoms with van der Waals surface area (Å²) in [5, 5.41) is 11.6. The van der Waals surface area contributed by atoms with E-state index >= 15 is 0 Å². The topological polar surface area (TPSA) is 82.5 Å². The first kappa shape index (κ1) is 35.1. The zero-order valence-corrected chi connectivity index (χ0v) is 30.5. The molecule has 4 aliphatic carbocycles. The molecule has 6 fully saturated rings. The average molecular weight is 668 g/mol. The summed E-state index contributed by atoms with van der Waals surface area (Å²) in [4.78, 5) is 35.6. The predicted octanol–water partition coefficient (Wildman–Crippen LogP) is 5.60. The zero-order valence-electron chi connectivity index (χ0n) is 30.5. The smallest absolute Gasteiger partial charge is 0.315 e. The van der Waals surface area contributed by atoms with E-state index in [0.29, 0.717) is 24.2 Å². The maximum absolute atomic E-state index is 14.1. The zero-order chi connectivity index (χ0) is 33.7. The highest BCUT2D eigenvalue weighted by atomic mass is 16.5. The second-order valence-corrected chi connectivity index (χ2v) is 17.5. The molecule has 48 heavy (non-hydrogen) atoms. The number of carbonyl (C=O) groups is 2. The Bertz CT molecular complexity index is 1200. The summed E-state index contributed by atoms with van der Waals surface area (Å²) in [6.07, 6.45) is 14.1. The fraction of sp³-hybridized carbons (Fsp3) is 0.900. The molecule has 0 radical (unpaired) electrons. The number of carbonyl (C=O) groups excluding carboxylic acids is 1. The minimum absolute atomic E-state index is 0.0995. The van der Waals surface area contributed by atoms with Crippen LogP contribution in [0, 0.1) is 51.8 Å². The Morgan fingerprint density at radius 1 is 1.02 bits per heavy atom. The summed E-state index contributed by atoms with van der Waals surface area (Å²) >= 11 is 0. The van der Waals surface area contributed by atoms with E-state index < -0.39 is 22.2 Å². The van der Waals surface area contributed by atoms with Crippen LogP contribution in [0.3, 0.4) is 0 Å². The van der Waals surface area contributed by atoms with Gasteiger partial charge >= 0.3 is 5.97 Å². The molecule has 7 aliphatic rings. The molecule has 270 valence electrons. The molecule has 8 nitrogen and oxygen atoms in total. The molecule has 0 spiro atoms. The standard InChI is InChI=1S/C40H65N3O5/c1-5-6-9-30-22-36(48-35(30)26-43-15-8-13-41(16-17-43)12-7-14-42-18-20-47-21-19-42)39-25-32-29(4)10-11-33(32)38(27-44)24-31(39)23-34(28(2)3)40(38,39)37(45)46/h23,27-33,35-36H,5-22,24-26H2,1-4H3,(H,45,46)/t29-,30?,31?,32-,33-,35?,36?,38?,39?,40?/m1/s1. The van der Waals surface area contributed by atoms with E-state index in [1.54, 1.807) is 0 Å². The van der Waals surface area contributed by atoms with Gasteiger partial charge in [0, 0.05) is 38.1 Å². The van der Waals surface area contributed by atoms with Crippen molar-refractivity contribution in [3.05, 3.63) is 11.6 Å². The number of hydrogen-bond acceptors (Lipinski definition) is 7. The number of fused-ring (bicyclic) bond motifs is 2. The number of carboxylic acid groups (broad SMARTS) is 1. The second-order valence-electron chi connectivity index (χ2n) is 17.5. The van der Waals surface area contributed by atoms with Crippen molar-refractivity contribution in [1.82, 2.24) is 14.7 Å². The van der Waals surface area contributed by atoms with Gasteiger partial charge in [0.25, 0.3) is 0 Å². The third-order valence-electron chi connectivity index (χ3n) is 15.1. The minimum atomic E-state index is -1.15. The van der Waals surface area contributed by atoms with E-state index in [0.717, 1.165) is 103 Å². The predicted molar refractivity (Wildman–Crippen MR) is 188 cm³/mol. The molecule has 8 heteroatoms. The number of aliphatic carboxylic acids is 1. The highest BCUT2D eigenvalue weighted by Crippen LogP contribution is 2.84. The number of nitrogens with zero attached hydrogens (tertiary/aromatic N) is 3. The van der Waals surface area contributed by atoms with Gasteiger partial charge in [-0.3, -0.25) is 14.6 Å². The molecule has 3 saturated carbocycles. The lowest BCUT2D eigenvalue weighted by Crippen LogP contribution is -2.65. The van der Waals surface area contributed by atoms with Crippen LogP contribution in [0.15, 0.2) is 11.6 Å². The van der Waals surface area contributed by atoms with Crippen molar-refractivity contribution >= 4 is 12.3 Å². The van der Waals surface area contributed by atoms with Crippen molar-refractivity contribution in [1.29, 1.82) is 0 Å². The van der Waals surface area contributed by atoms with Crippen LogP contribution in [-0.2, 0) is 19.1 Å². The van der Waals surface area contributed by atoms with Crippen LogP contribution >= 0.6 is 0 Å². The van der Waals surface area contributed by atoms with E-state index in [2.05, 4.69) is 48.5 Å². The van der Waals surface area contributed by atoms with Crippen molar-refractivity contribution in [3.8, 4) is 0 Å². The van der Waals surface area contributed by atoms with Gasteiger partial charge in [-0.15, -0.1) is 0 Å². The lowest BCUT2D eigenvalue weighted by atomic mass is 9.41. The molecule has 3 heterocycles. The van der Waals surface area contributed by atoms with Crippen molar-refractivity contribution < 1.29 is 24.2 Å². The van der Waals surface area contributed by atoms with Gasteiger partial charge in [-0.05, 0) is 107 Å². The van der Waals surface area contributed by atoms with Gasteiger partial charge in [0.15, 0.2) is 0 Å². The van der Waals surface area contributed by atoms with Crippen LogP contribution in [0.25, 0.3) is 0 Å². The summed E-state index contributed by atoms with van der Waals surface area (Å²) in [6, 6.07) is 0. The Labute approximate surface area is 290 Å². The van der Waals surface area contributed by atoms with E-state index in [9.17, 15) is 14.7 Å². The number of carboxylic acids is 1. The fourth-order valence-corrected chi connectivity index (χ4v) is 13.0. The average Bonchev–Trinajstić information content (AvgIpc) is 3.74. The van der Waals surface area contributed by atoms with E-state index in [-0.39, 0.29) is 30.0 Å². The largest absolute Gasteiger partial charge is 0.481 e. The van der Waals surface area contributed by atoms with Crippen LogP contribution in [0.1, 0.15) is 91.9 Å². The molecule has 7 rings (SSSR count). The summed E-state index contributed by atoms with van der Waals surface area (Å²) < 4.78 is 12.9. The van der Waals surface area contributed by atoms with Gasteiger partial charge in [-0.25, -0.2) is 0 Å². The SMILES string of the molecule is CCCCC1CC(C23C[C@@H]4[C@H](C)CC[C@H]4C4(C=O)CC2C=C(C(C)C)C34C(=O)O)OC1CN1CCCN(CCCN2CCOCC2)CC1. The van der Waals surface area contributed by atoms with Crippen molar-refractivity contribution in [2.45, 2.75) is 104 Å². The van der Waals surface area contributed by atoms with Crippen LogP contribution in [0.5, 0.6) is 0 Å². The van der Waals surface area contributed by atoms with Crippen LogP contribution < -0.4 is 0 Å². The number of ether oxygens (including phenoxy) is 2. The van der Waals surface area contributed by atoms with Crippen molar-refractivity contribution in [2.24, 2.45) is 51.8 Å². The van der Waals surface area contributed by atoms with Crippen LogP contribution in [-0.4, -0.2) is 116 Å². The number of morpholine rings is 1. The van der Waals surface area contributed by atoms with Gasteiger partial charge in [0.05, 0.1) is 30.8 Å². The Morgan fingerprint density at radius 2 is 1.75 bits per heavy atom. The first-order chi connectivity index (χ1) is 23.2. The Balaban J connectivity index is 1.11. The highest BCUT2D eigenvalue weighted by molar-refractivity contribution is 5.90. The minimum Gasteiger partial charge on any atom is -0.481 e. The van der Waals surface area contributed by atoms with E-state index in [1.807, 2.05) is 0 Å². The van der Waals surface area contributed by atoms with Crippen LogP contribution in [0.4, 0.5) is 0 Å². The molecule has 4 bridgehead atoms. The maximum Gasteiger partial charge on any atom is 0.315 e. The monoisotopic (exact) mass is 667 g/mol. The van der Waals surface area contributed by atoms with Crippen molar-refractivity contribution in [2.75, 3.05) is 72.1 Å². The second kappa shape index (κ2) is 14.0. The molecular formula is C40H65N3O5. The molecule has 3 saturated heterocycles. The van der Waals surface area contributed by atoms with Crippen LogP contribution in [0.2, 0.25) is 0 Å². The Kier molecular flexibility index (Phi) is 10.2. The molecule has 3 aliphatic heterocycles. The molecule has 0 aromatic carbocycles. The summed E-state index contributed by atoms with van der Waals surface area (Å²) in [6.45, 7) is 20.5. The summed E-state index contributed by atoms with van der Waals surface area (Å²) in [7, 11) is 0. The lowest BCUT2D eigenvalue weighted by Gasteiger charge is -2.60. The molecule has 0 amide bonds. The van der Waals surface area contributed by atoms with E-state index in [1.165, 1.54) is 38.5 Å². The van der Waals surface area contributed by atoms with Gasteiger partial charge in [0.1, 0.15) is 11.7 Å². The maximum atomic E-state index is 14.1. The number of rotatable bonds is 13. The lowest BCUT2D eigenvalue weighted by molar-refractivity contribution is -0.197. The molecule has 1 N–H and O–H groups in total. The third-order valence-corrected chi connectivity index (χ3v) is 15.1. The molecule has 10 atom stereocenters. The first-order valence-corrected chi connectivity index (χ1v) is 20.0. The number of aldehydes is 1. The van der Waals surface area contributed by atoms with Gasteiger partial charge in [-0.1, -0.05) is 58.6 Å². The molecule has 0 aromatic heterocycles. The first-order valence-electron chi connectivity index (χ1n) is 20.0. The molecular weight excluding hydrogens is 602 g/mol. The number of allylic oxidation sites excluding steroid dienone is 1. The number of unbranched alkanes of at least 4 members (excludes halogenated alkanes) is 1. The third kappa shape index (κ3) is 5.40.